The van der Waals surface area contributed by atoms with Crippen LogP contribution in [0.15, 0.2) is 12.1 Å². The van der Waals surface area contributed by atoms with E-state index in [0.29, 0.717) is 6.10 Å². The Hall–Kier alpha value is -0.820. The van der Waals surface area contributed by atoms with E-state index in [-0.39, 0.29) is 0 Å². The fourth-order valence-corrected chi connectivity index (χ4v) is 1.94. The van der Waals surface area contributed by atoms with Gasteiger partial charge in [-0.15, -0.1) is 0 Å². The molecule has 1 nitrogen and oxygen atoms in total. The van der Waals surface area contributed by atoms with Gasteiger partial charge in [0.05, 0.1) is 12.7 Å². The van der Waals surface area contributed by atoms with Crippen molar-refractivity contribution >= 4 is 0 Å². The molecule has 1 aromatic rings. The van der Waals surface area contributed by atoms with Crippen LogP contribution in [0.5, 0.6) is 0 Å². The van der Waals surface area contributed by atoms with E-state index in [2.05, 4.69) is 32.9 Å². The molecule has 0 spiro atoms. The molecule has 0 saturated carbocycles. The predicted molar refractivity (Wildman–Crippen MR) is 49.1 cm³/mol. The third-order valence-electron chi connectivity index (χ3n) is 2.69. The average Bonchev–Trinajstić information content (AvgIpc) is 2.42. The summed E-state index contributed by atoms with van der Waals surface area (Å²) in [6.07, 6.45) is 0.292. The van der Waals surface area contributed by atoms with E-state index >= 15 is 0 Å². The van der Waals surface area contributed by atoms with Crippen molar-refractivity contribution in [1.29, 1.82) is 0 Å². The maximum atomic E-state index is 5.58. The largest absolute Gasteiger partial charge is 0.369 e. The lowest BCUT2D eigenvalue weighted by Gasteiger charge is -2.08. The second kappa shape index (κ2) is 2.60. The molecule has 1 aliphatic rings. The summed E-state index contributed by atoms with van der Waals surface area (Å²) >= 11 is 0. The molecule has 2 rings (SSSR count). The minimum absolute atomic E-state index is 0.292. The third kappa shape index (κ3) is 0.969. The summed E-state index contributed by atoms with van der Waals surface area (Å²) in [5.74, 6) is 0. The molecule has 0 saturated heterocycles. The van der Waals surface area contributed by atoms with Crippen LogP contribution < -0.4 is 0 Å². The van der Waals surface area contributed by atoms with Gasteiger partial charge in [0.25, 0.3) is 0 Å². The Morgan fingerprint density at radius 3 is 2.58 bits per heavy atom. The van der Waals surface area contributed by atoms with Crippen LogP contribution in [-0.2, 0) is 11.3 Å². The quantitative estimate of drug-likeness (QED) is 0.570. The van der Waals surface area contributed by atoms with Crippen LogP contribution in [0.1, 0.15) is 35.3 Å². The molecule has 1 atom stereocenters. The molecule has 0 amide bonds. The minimum Gasteiger partial charge on any atom is -0.369 e. The normalized spacial score (nSPS) is 21.1. The molecule has 64 valence electrons. The lowest BCUT2D eigenvalue weighted by atomic mass is 9.97. The molecule has 0 bridgehead atoms. The highest BCUT2D eigenvalue weighted by molar-refractivity contribution is 5.42. The monoisotopic (exact) mass is 162 g/mol. The van der Waals surface area contributed by atoms with E-state index in [1.54, 1.807) is 0 Å². The van der Waals surface area contributed by atoms with Crippen molar-refractivity contribution in [1.82, 2.24) is 0 Å². The molecule has 0 radical (unpaired) electrons. The molecule has 1 unspecified atom stereocenters. The van der Waals surface area contributed by atoms with Crippen molar-refractivity contribution in [3.63, 3.8) is 0 Å². The molecule has 0 N–H and O–H groups in total. The zero-order valence-electron chi connectivity index (χ0n) is 7.85. The molecule has 0 fully saturated rings. The fraction of sp³-hybridized carbons (Fsp3) is 0.455. The molecule has 1 heterocycles. The summed E-state index contributed by atoms with van der Waals surface area (Å²) in [5, 5.41) is 0. The summed E-state index contributed by atoms with van der Waals surface area (Å²) < 4.78 is 5.58. The Morgan fingerprint density at radius 1 is 1.25 bits per heavy atom. The summed E-state index contributed by atoms with van der Waals surface area (Å²) in [6.45, 7) is 7.23. The van der Waals surface area contributed by atoms with Crippen LogP contribution in [0, 0.1) is 13.8 Å². The first-order chi connectivity index (χ1) is 5.70. The SMILES string of the molecule is Cc1ccc(C)c2c1COC2C. The number of fused-ring (bicyclic) bond motifs is 1. The molecule has 1 aliphatic heterocycles. The van der Waals surface area contributed by atoms with Gasteiger partial charge in [0.15, 0.2) is 0 Å². The topological polar surface area (TPSA) is 9.23 Å². The Morgan fingerprint density at radius 2 is 1.92 bits per heavy atom. The molecule has 0 aliphatic carbocycles. The van der Waals surface area contributed by atoms with Crippen molar-refractivity contribution in [3.8, 4) is 0 Å². The van der Waals surface area contributed by atoms with Crippen molar-refractivity contribution in [2.75, 3.05) is 0 Å². The maximum absolute atomic E-state index is 5.58. The van der Waals surface area contributed by atoms with Gasteiger partial charge in [0.2, 0.25) is 0 Å². The average molecular weight is 162 g/mol. The number of hydrogen-bond acceptors (Lipinski definition) is 1. The fourth-order valence-electron chi connectivity index (χ4n) is 1.94. The van der Waals surface area contributed by atoms with E-state index in [1.165, 1.54) is 22.3 Å². The van der Waals surface area contributed by atoms with Crippen molar-refractivity contribution < 1.29 is 4.74 Å². The van der Waals surface area contributed by atoms with E-state index in [0.717, 1.165) is 6.61 Å². The van der Waals surface area contributed by atoms with Gasteiger partial charge in [-0.2, -0.15) is 0 Å². The van der Waals surface area contributed by atoms with E-state index in [4.69, 9.17) is 4.74 Å². The highest BCUT2D eigenvalue weighted by atomic mass is 16.5. The number of hydrogen-bond donors (Lipinski definition) is 0. The van der Waals surface area contributed by atoms with Crippen LogP contribution in [0.4, 0.5) is 0 Å². The first kappa shape index (κ1) is 7.81. The van der Waals surface area contributed by atoms with Gasteiger partial charge < -0.3 is 4.74 Å². The van der Waals surface area contributed by atoms with Crippen molar-refractivity contribution in [3.05, 3.63) is 34.4 Å². The highest BCUT2D eigenvalue weighted by Gasteiger charge is 2.22. The summed E-state index contributed by atoms with van der Waals surface area (Å²) in [7, 11) is 0. The highest BCUT2D eigenvalue weighted by Crippen LogP contribution is 2.34. The Labute approximate surface area is 73.4 Å². The van der Waals surface area contributed by atoms with Gasteiger partial charge >= 0.3 is 0 Å². The van der Waals surface area contributed by atoms with Gasteiger partial charge in [-0.25, -0.2) is 0 Å². The van der Waals surface area contributed by atoms with Crippen LogP contribution >= 0.6 is 0 Å². The van der Waals surface area contributed by atoms with Crippen LogP contribution in [0.25, 0.3) is 0 Å². The van der Waals surface area contributed by atoms with Crippen molar-refractivity contribution in [2.24, 2.45) is 0 Å². The smallest absolute Gasteiger partial charge is 0.0807 e. The Balaban J connectivity index is 2.64. The van der Waals surface area contributed by atoms with E-state index < -0.39 is 0 Å². The lowest BCUT2D eigenvalue weighted by Crippen LogP contribution is -1.93. The number of benzene rings is 1. The van der Waals surface area contributed by atoms with Gasteiger partial charge in [-0.3, -0.25) is 0 Å². The molecule has 1 aromatic carbocycles. The Kier molecular flexibility index (Phi) is 1.69. The van der Waals surface area contributed by atoms with Crippen LogP contribution in [-0.4, -0.2) is 0 Å². The minimum atomic E-state index is 0.292. The number of ether oxygens (including phenoxy) is 1. The Bertz CT molecular complexity index is 315. The van der Waals surface area contributed by atoms with Gasteiger partial charge in [-0.05, 0) is 43.0 Å². The predicted octanol–water partition coefficient (Wildman–Crippen LogP) is 2.89. The second-order valence-corrected chi connectivity index (χ2v) is 3.54. The summed E-state index contributed by atoms with van der Waals surface area (Å²) in [4.78, 5) is 0. The van der Waals surface area contributed by atoms with Crippen LogP contribution in [0.2, 0.25) is 0 Å². The zero-order chi connectivity index (χ0) is 8.72. The number of rotatable bonds is 0. The summed E-state index contributed by atoms with van der Waals surface area (Å²) in [6, 6.07) is 4.36. The molecule has 12 heavy (non-hydrogen) atoms. The van der Waals surface area contributed by atoms with Crippen molar-refractivity contribution in [2.45, 2.75) is 33.5 Å². The zero-order valence-corrected chi connectivity index (χ0v) is 7.85. The van der Waals surface area contributed by atoms with E-state index in [9.17, 15) is 0 Å². The van der Waals surface area contributed by atoms with Gasteiger partial charge in [-0.1, -0.05) is 12.1 Å². The molecule has 0 aromatic heterocycles. The molecular weight excluding hydrogens is 148 g/mol. The number of aryl methyl sites for hydroxylation is 2. The van der Waals surface area contributed by atoms with Crippen LogP contribution in [0.3, 0.4) is 0 Å². The van der Waals surface area contributed by atoms with Gasteiger partial charge in [0.1, 0.15) is 0 Å². The first-order valence-corrected chi connectivity index (χ1v) is 4.40. The molecule has 1 heteroatoms. The molecular formula is C11H14O. The standard InChI is InChI=1S/C11H14O/c1-7-4-5-8(2)11-9(3)12-6-10(7)11/h4-5,9H,6H2,1-3H3. The maximum Gasteiger partial charge on any atom is 0.0807 e. The second-order valence-electron chi connectivity index (χ2n) is 3.54. The first-order valence-electron chi connectivity index (χ1n) is 4.40. The van der Waals surface area contributed by atoms with Gasteiger partial charge in [0, 0.05) is 0 Å². The third-order valence-corrected chi connectivity index (χ3v) is 2.69. The van der Waals surface area contributed by atoms with E-state index in [1.807, 2.05) is 0 Å². The summed E-state index contributed by atoms with van der Waals surface area (Å²) in [5.41, 5.74) is 5.54. The lowest BCUT2D eigenvalue weighted by molar-refractivity contribution is 0.0792.